The first-order chi connectivity index (χ1) is 28.2. The lowest BCUT2D eigenvalue weighted by Gasteiger charge is -2.21. The van der Waals surface area contributed by atoms with Crippen LogP contribution in [0, 0.1) is 0 Å². The number of hydrogen-bond acceptors (Lipinski definition) is 18. The minimum atomic E-state index is -7.94. The van der Waals surface area contributed by atoms with Crippen LogP contribution in [0.5, 0.6) is 0 Å². The lowest BCUT2D eigenvalue weighted by Crippen LogP contribution is -2.52. The summed E-state index contributed by atoms with van der Waals surface area (Å²) >= 11 is 4.22. The summed E-state index contributed by atoms with van der Waals surface area (Å²) in [6.45, 7) is 0. The maximum Gasteiger partial charge on any atom is 0.512 e. The monoisotopic (exact) mass is 1290 g/mol. The van der Waals surface area contributed by atoms with Gasteiger partial charge in [-0.15, -0.1) is 0 Å². The molecule has 0 amide bonds. The van der Waals surface area contributed by atoms with E-state index in [2.05, 4.69) is 11.6 Å². The van der Waals surface area contributed by atoms with E-state index < -0.39 is 156 Å². The van der Waals surface area contributed by atoms with Crippen molar-refractivity contribution in [3.05, 3.63) is 0 Å². The highest BCUT2D eigenvalue weighted by Crippen LogP contribution is 2.43. The zero-order valence-electron chi connectivity index (χ0n) is 28.5. The molecule has 1 N–H and O–H groups in total. The third kappa shape index (κ3) is 17.3. The van der Waals surface area contributed by atoms with Crippen molar-refractivity contribution in [1.82, 2.24) is 4.13 Å². The van der Waals surface area contributed by atoms with E-state index in [1.54, 1.807) is 0 Å². The van der Waals surface area contributed by atoms with E-state index >= 15 is 0 Å². The molecule has 0 aliphatic rings. The van der Waals surface area contributed by atoms with Crippen LogP contribution in [0.1, 0.15) is 0 Å². The van der Waals surface area contributed by atoms with Crippen molar-refractivity contribution in [3.8, 4) is 0 Å². The fraction of sp³-hybridized carbons (Fsp3) is 1.00. The molecule has 19 nitrogen and oxygen atoms in total. The first-order valence-electron chi connectivity index (χ1n) is 12.3. The van der Waals surface area contributed by atoms with Crippen LogP contribution >= 0.6 is 11.6 Å². The Bertz CT molecular complexity index is 2500. The Morgan fingerprint density at radius 1 is 0.279 bits per heavy atom. The summed E-state index contributed by atoms with van der Waals surface area (Å²) in [5.74, 6) is 0. The van der Waals surface area contributed by atoms with E-state index in [0.29, 0.717) is 0 Å². The van der Waals surface area contributed by atoms with Crippen LogP contribution in [0.3, 0.4) is 0 Å². The molecule has 0 fully saturated rings. The second-order valence-electron chi connectivity index (χ2n) is 9.74. The van der Waals surface area contributed by atoms with Gasteiger partial charge in [0.2, 0.25) is 0 Å². The van der Waals surface area contributed by atoms with Crippen LogP contribution in [-0.2, 0) is 88.9 Å². The van der Waals surface area contributed by atoms with Crippen LogP contribution in [0.4, 0.5) is 119 Å². The normalized spacial score (nSPS) is 15.6. The molecule has 0 aliphatic heterocycles. The number of hydrogen-bond donors (Lipinski definition) is 1. The smallest absolute Gasteiger partial charge is 0.218 e. The molecule has 0 radical (unpaired) electrons. The van der Waals surface area contributed by atoms with Crippen molar-refractivity contribution in [1.29, 1.82) is 0 Å². The number of halogens is 28. The zero-order valence-corrected chi connectivity index (χ0v) is 36.6. The topological polar surface area (TPSA) is 319 Å². The predicted molar refractivity (Wildman–Crippen MR) is 156 cm³/mol. The summed E-state index contributed by atoms with van der Waals surface area (Å²) in [5, 5.41) is -3.03. The van der Waals surface area contributed by atoms with Crippen molar-refractivity contribution in [2.45, 2.75) is 57.5 Å². The van der Waals surface area contributed by atoms with E-state index in [4.69, 9.17) is 0 Å². The van der Waals surface area contributed by atoms with Gasteiger partial charge in [-0.05, 0) is 0 Å². The summed E-state index contributed by atoms with van der Waals surface area (Å²) in [6, 6.07) is 0. The standard InChI is InChI=1S/C4HF9O6S3.C3HClF6O4S2.C3H2F6O4S2.C2HF6NO4S2/c5-2(6,7)20(14,15)1(21(16,17)3(8,9)10)22(18,19)4(11,12)13;4-1(15(11,12)2(5,6)7)16(13,14)3(8,9)10;4-2(5,6)14(10,11)1-15(12,13)3(7,8)9;3-1(4,5)14(10,11)9-15(12,13)2(6,7)8/h1H;1H;1H2;9H. The van der Waals surface area contributed by atoms with E-state index in [-0.39, 0.29) is 0 Å². The molecule has 0 aromatic heterocycles. The third-order valence-electron chi connectivity index (χ3n) is 4.71. The van der Waals surface area contributed by atoms with Crippen LogP contribution in [0.25, 0.3) is 0 Å². The van der Waals surface area contributed by atoms with Gasteiger partial charge in [-0.25, -0.2) is 75.8 Å². The van der Waals surface area contributed by atoms with Gasteiger partial charge in [-0.3, -0.25) is 0 Å². The minimum absolute atomic E-state index is 0.493. The van der Waals surface area contributed by atoms with Gasteiger partial charge in [0.1, 0.15) is 0 Å². The molecule has 0 unspecified atom stereocenters. The molecular weight excluding hydrogens is 1280 g/mol. The number of alkyl halides is 28. The SMILES string of the molecule is O=S(=O)(C(Cl)S(=O)(=O)C(F)(F)F)C(F)(F)F.O=S(=O)(C(S(=O)(=O)C(F)(F)F)S(=O)(=O)C(F)(F)F)C(F)(F)F.O=S(=O)(CS(=O)(=O)C(F)(F)F)C(F)(F)F.O=S(=O)(NS(=O)(=O)C(F)(F)F)C(F)(F)F. The minimum Gasteiger partial charge on any atom is -0.218 e. The van der Waals surface area contributed by atoms with Gasteiger partial charge in [0, 0.05) is 0 Å². The van der Waals surface area contributed by atoms with Gasteiger partial charge in [-0.1, -0.05) is 15.7 Å². The van der Waals surface area contributed by atoms with Gasteiger partial charge in [0.05, 0.1) is 0 Å². The Labute approximate surface area is 360 Å². The van der Waals surface area contributed by atoms with Crippen LogP contribution in [0.2, 0.25) is 0 Å². The van der Waals surface area contributed by atoms with E-state index in [1.807, 2.05) is 0 Å². The van der Waals surface area contributed by atoms with Gasteiger partial charge in [-0.2, -0.15) is 119 Å². The summed E-state index contributed by atoms with van der Waals surface area (Å²) in [6.07, 6.45) is 0. The lowest BCUT2D eigenvalue weighted by atomic mass is 11.5. The molecule has 0 saturated heterocycles. The van der Waals surface area contributed by atoms with Crippen molar-refractivity contribution in [2.24, 2.45) is 0 Å². The zero-order chi connectivity index (χ0) is 57.6. The number of sulfone groups is 7. The number of rotatable bonds is 9. The molecule has 0 saturated carbocycles. The first kappa shape index (κ1) is 72.5. The molecular formula is C12H5ClF27NO18S9. The third-order valence-corrected chi connectivity index (χ3v) is 24.8. The summed E-state index contributed by atoms with van der Waals surface area (Å²) in [5.41, 5.74) is -57.8. The molecule has 0 bridgehead atoms. The molecule has 0 aromatic rings. The Morgan fingerprint density at radius 3 is 0.559 bits per heavy atom. The Kier molecular flexibility index (Phi) is 21.8. The largest absolute Gasteiger partial charge is 0.512 e. The van der Waals surface area contributed by atoms with Crippen molar-refractivity contribution in [3.63, 3.8) is 0 Å². The molecule has 0 aliphatic carbocycles. The fourth-order valence-corrected chi connectivity index (χ4v) is 16.0. The van der Waals surface area contributed by atoms with Crippen LogP contribution < -0.4 is 4.13 Å². The van der Waals surface area contributed by atoms with E-state index in [9.17, 15) is 194 Å². The molecule has 0 heterocycles. The highest BCUT2D eigenvalue weighted by atomic mass is 35.5. The molecule has 0 rings (SSSR count). The van der Waals surface area contributed by atoms with Crippen LogP contribution in [0.15, 0.2) is 0 Å². The second kappa shape index (κ2) is 20.4. The lowest BCUT2D eigenvalue weighted by molar-refractivity contribution is -0.0500. The second-order valence-corrected chi connectivity index (χ2v) is 29.9. The quantitative estimate of drug-likeness (QED) is 0.255. The Morgan fingerprint density at radius 2 is 0.441 bits per heavy atom. The van der Waals surface area contributed by atoms with Crippen molar-refractivity contribution in [2.75, 3.05) is 5.08 Å². The highest BCUT2D eigenvalue weighted by Gasteiger charge is 2.73. The number of nitrogens with one attached hydrogen (secondary N) is 1. The molecule has 0 aromatic carbocycles. The summed E-state index contributed by atoms with van der Waals surface area (Å²) in [7, 11) is -63.0. The maximum absolute atomic E-state index is 12.1. The average molecular weight is 1290 g/mol. The van der Waals surface area contributed by atoms with Gasteiger partial charge < -0.3 is 0 Å². The molecule has 416 valence electrons. The average Bonchev–Trinajstić information content (AvgIpc) is 2.95. The summed E-state index contributed by atoms with van der Waals surface area (Å²) < 4.78 is 492. The van der Waals surface area contributed by atoms with Crippen molar-refractivity contribution < 1.29 is 194 Å². The Hall–Kier alpha value is -2.09. The van der Waals surface area contributed by atoms with Gasteiger partial charge in [0.25, 0.3) is 76.8 Å². The molecule has 0 atom stereocenters. The first-order valence-corrected chi connectivity index (χ1v) is 26.8. The number of sulfonamides is 2. The van der Waals surface area contributed by atoms with Gasteiger partial charge in [0.15, 0.2) is 5.08 Å². The summed E-state index contributed by atoms with van der Waals surface area (Å²) in [4.78, 5) is 0. The predicted octanol–water partition coefficient (Wildman–Crippen LogP) is 3.54. The van der Waals surface area contributed by atoms with E-state index in [1.165, 1.54) is 0 Å². The highest BCUT2D eigenvalue weighted by molar-refractivity contribution is 8.25. The van der Waals surface area contributed by atoms with Crippen LogP contribution in [-0.4, -0.2) is 138 Å². The molecule has 68 heavy (non-hydrogen) atoms. The molecule has 0 spiro atoms. The van der Waals surface area contributed by atoms with E-state index in [0.717, 1.165) is 0 Å². The van der Waals surface area contributed by atoms with Crippen molar-refractivity contribution >= 4 is 101 Å². The van der Waals surface area contributed by atoms with Gasteiger partial charge >= 0.3 is 69.6 Å². The molecule has 56 heteroatoms. The Balaban J connectivity index is -0.000000407. The fourth-order valence-electron chi connectivity index (χ4n) is 1.78. The maximum atomic E-state index is 12.1.